The molecule has 10 heteroatoms. The summed E-state index contributed by atoms with van der Waals surface area (Å²) in [5, 5.41) is 19.4. The number of nitrogens with one attached hydrogen (secondary N) is 1. The van der Waals surface area contributed by atoms with Gasteiger partial charge in [-0.3, -0.25) is 0 Å². The van der Waals surface area contributed by atoms with E-state index >= 15 is 0 Å². The Bertz CT molecular complexity index is 577. The molecule has 144 valence electrons. The molecule has 2 rings (SSSR count). The summed E-state index contributed by atoms with van der Waals surface area (Å²) in [5.41, 5.74) is 0.431. The van der Waals surface area contributed by atoms with Gasteiger partial charge in [-0.25, -0.2) is 9.59 Å². The molecule has 0 bridgehead atoms. The van der Waals surface area contributed by atoms with Gasteiger partial charge in [0, 0.05) is 13.5 Å². The number of hydrogen-bond acceptors (Lipinski definition) is 7. The van der Waals surface area contributed by atoms with Gasteiger partial charge < -0.3 is 29.8 Å². The van der Waals surface area contributed by atoms with Gasteiger partial charge in [0.1, 0.15) is 0 Å². The number of carbonyl (C=O) groups is 3. The van der Waals surface area contributed by atoms with Crippen molar-refractivity contribution in [2.45, 2.75) is 45.3 Å². The maximum atomic E-state index is 11.8. The Hall–Kier alpha value is -0.770. The average Bonchev–Trinajstić information content (AvgIpc) is 2.61. The predicted molar refractivity (Wildman–Crippen MR) is 87.8 cm³/mol. The molecule has 0 radical (unpaired) electrons. The summed E-state index contributed by atoms with van der Waals surface area (Å²) in [7, 11) is 0. The smallest absolute Gasteiger partial charge is 0.652 e. The Kier molecular flexibility index (Phi) is 18.0. The van der Waals surface area contributed by atoms with Gasteiger partial charge in [-0.15, -0.1) is 0 Å². The molecule has 1 aliphatic carbocycles. The van der Waals surface area contributed by atoms with E-state index < -0.39 is 24.5 Å². The molecule has 0 saturated heterocycles. The molecule has 1 N–H and O–H groups in total. The molecule has 8 nitrogen and oxygen atoms in total. The van der Waals surface area contributed by atoms with Gasteiger partial charge in [0.2, 0.25) is 6.29 Å². The van der Waals surface area contributed by atoms with E-state index in [0.29, 0.717) is 18.0 Å². The molecular weight excluding hydrogens is 388 g/mol. The zero-order valence-electron chi connectivity index (χ0n) is 16.6. The largest absolute Gasteiger partial charge is 1.00 e. The number of rotatable bonds is 5. The first-order valence-corrected chi connectivity index (χ1v) is 8.47. The molecule has 1 aromatic rings. The molecule has 28 heavy (non-hydrogen) atoms. The zero-order chi connectivity index (χ0) is 19.4. The van der Waals surface area contributed by atoms with Gasteiger partial charge in [-0.05, 0) is 37.0 Å². The summed E-state index contributed by atoms with van der Waals surface area (Å²) in [6, 6.07) is 8.61. The molecule has 1 saturated carbocycles. The first-order valence-electron chi connectivity index (χ1n) is 8.47. The quantitative estimate of drug-likeness (QED) is 0.292. The van der Waals surface area contributed by atoms with Crippen LogP contribution < -0.4 is 74.6 Å². The number of carboxylic acid groups (broad SMARTS) is 2. The minimum Gasteiger partial charge on any atom is -0.652 e. The van der Waals surface area contributed by atoms with Crippen LogP contribution in [0.25, 0.3) is 0 Å². The molecule has 0 aromatic heterocycles. The second kappa shape index (κ2) is 17.1. The van der Waals surface area contributed by atoms with E-state index in [0.717, 1.165) is 12.8 Å². The molecule has 1 aromatic carbocycles. The van der Waals surface area contributed by atoms with E-state index in [1.54, 1.807) is 24.3 Å². The zero-order valence-corrected chi connectivity index (χ0v) is 20.6. The summed E-state index contributed by atoms with van der Waals surface area (Å²) in [6.45, 7) is 2.15. The Labute approximate surface area is 208 Å². The van der Waals surface area contributed by atoms with Crippen molar-refractivity contribution in [3.63, 3.8) is 0 Å². The molecule has 1 atom stereocenters. The maximum Gasteiger partial charge on any atom is 1.00 e. The van der Waals surface area contributed by atoms with E-state index in [4.69, 9.17) is 24.5 Å². The number of esters is 1. The predicted octanol–water partition coefficient (Wildman–Crippen LogP) is -4.94. The van der Waals surface area contributed by atoms with Crippen molar-refractivity contribution < 1.29 is 93.2 Å². The Balaban J connectivity index is 0. The van der Waals surface area contributed by atoms with Crippen LogP contribution in [-0.4, -0.2) is 31.1 Å². The third kappa shape index (κ3) is 14.3. The van der Waals surface area contributed by atoms with Gasteiger partial charge in [-0.1, -0.05) is 37.5 Å². The molecule has 1 fully saturated rings. The summed E-state index contributed by atoms with van der Waals surface area (Å²) < 4.78 is 10.1. The van der Waals surface area contributed by atoms with Crippen LogP contribution in [0.15, 0.2) is 30.3 Å². The van der Waals surface area contributed by atoms with E-state index in [9.17, 15) is 9.59 Å². The average molecular weight is 411 g/mol. The SMILES string of the molecule is CC(OC(=O)NCC1CCCCC1)OC(=O)c1ccccc1.O=C([O-])[O-].[Na+].[Na+]. The van der Waals surface area contributed by atoms with Crippen molar-refractivity contribution in [3.05, 3.63) is 35.9 Å². The van der Waals surface area contributed by atoms with Crippen LogP contribution in [0.2, 0.25) is 0 Å². The molecule has 1 amide bonds. The Morgan fingerprint density at radius 2 is 1.57 bits per heavy atom. The fraction of sp³-hybridized carbons (Fsp3) is 0.500. The normalized spacial score (nSPS) is 13.9. The van der Waals surface area contributed by atoms with E-state index in [2.05, 4.69) is 5.32 Å². The standard InChI is InChI=1S/C17H23NO4.CH2O3.2Na/c1-13(21-16(19)15-10-6-3-7-11-15)22-17(20)18-12-14-8-4-2-5-9-14;2-1(3)4;;/h3,6-7,10-11,13-14H,2,4-5,8-9,12H2,1H3,(H,18,20);(H2,2,3,4);;/q;;2*+1/p-2. The molecule has 0 spiro atoms. The molecule has 1 unspecified atom stereocenters. The van der Waals surface area contributed by atoms with Gasteiger partial charge in [0.15, 0.2) is 0 Å². The number of carbonyl (C=O) groups excluding carboxylic acids is 3. The fourth-order valence-electron chi connectivity index (χ4n) is 2.63. The summed E-state index contributed by atoms with van der Waals surface area (Å²) >= 11 is 0. The van der Waals surface area contributed by atoms with Gasteiger partial charge >= 0.3 is 71.2 Å². The number of amides is 1. The minimum atomic E-state index is -2.33. The Morgan fingerprint density at radius 3 is 2.11 bits per heavy atom. The maximum absolute atomic E-state index is 11.8. The van der Waals surface area contributed by atoms with Crippen LogP contribution >= 0.6 is 0 Å². The number of benzene rings is 1. The van der Waals surface area contributed by atoms with Crippen molar-refractivity contribution in [2.24, 2.45) is 5.92 Å². The van der Waals surface area contributed by atoms with Gasteiger partial charge in [0.25, 0.3) is 0 Å². The second-order valence-electron chi connectivity index (χ2n) is 5.88. The van der Waals surface area contributed by atoms with Crippen LogP contribution in [0.5, 0.6) is 0 Å². The Morgan fingerprint density at radius 1 is 1.04 bits per heavy atom. The van der Waals surface area contributed by atoms with Crippen LogP contribution in [0.3, 0.4) is 0 Å². The number of alkyl carbamates (subject to hydrolysis) is 1. The molecule has 0 heterocycles. The van der Waals surface area contributed by atoms with Crippen LogP contribution in [0, 0.1) is 5.92 Å². The van der Waals surface area contributed by atoms with Crippen LogP contribution in [-0.2, 0) is 9.47 Å². The van der Waals surface area contributed by atoms with Gasteiger partial charge in [0.05, 0.1) is 5.56 Å². The summed E-state index contributed by atoms with van der Waals surface area (Å²) in [4.78, 5) is 31.8. The minimum absolute atomic E-state index is 0. The fourth-order valence-corrected chi connectivity index (χ4v) is 2.63. The van der Waals surface area contributed by atoms with Crippen molar-refractivity contribution in [1.82, 2.24) is 5.32 Å². The third-order valence-corrected chi connectivity index (χ3v) is 3.82. The summed E-state index contributed by atoms with van der Waals surface area (Å²) in [6.07, 6.45) is 2.25. The number of ether oxygens (including phenoxy) is 2. The van der Waals surface area contributed by atoms with Crippen molar-refractivity contribution in [1.29, 1.82) is 0 Å². The first-order chi connectivity index (χ1) is 12.4. The van der Waals surface area contributed by atoms with Crippen molar-refractivity contribution >= 4 is 18.2 Å². The van der Waals surface area contributed by atoms with E-state index in [1.165, 1.54) is 26.2 Å². The summed E-state index contributed by atoms with van der Waals surface area (Å²) in [5.74, 6) is 0.0247. The van der Waals surface area contributed by atoms with Crippen molar-refractivity contribution in [2.75, 3.05) is 6.54 Å². The topological polar surface area (TPSA) is 128 Å². The van der Waals surface area contributed by atoms with E-state index in [1.807, 2.05) is 6.07 Å². The molecule has 0 aliphatic heterocycles. The van der Waals surface area contributed by atoms with Crippen LogP contribution in [0.4, 0.5) is 9.59 Å². The monoisotopic (exact) mass is 411 g/mol. The van der Waals surface area contributed by atoms with Crippen LogP contribution in [0.1, 0.15) is 49.4 Å². The van der Waals surface area contributed by atoms with E-state index in [-0.39, 0.29) is 59.1 Å². The second-order valence-corrected chi connectivity index (χ2v) is 5.88. The first kappa shape index (κ1) is 29.4. The van der Waals surface area contributed by atoms with Gasteiger partial charge in [-0.2, -0.15) is 0 Å². The third-order valence-electron chi connectivity index (χ3n) is 3.82. The molecular formula is C18H23NNa2O7. The van der Waals surface area contributed by atoms with Crippen molar-refractivity contribution in [3.8, 4) is 0 Å². The number of hydrogen-bond donors (Lipinski definition) is 1. The molecule has 1 aliphatic rings.